The maximum Gasteiger partial charge on any atom is 0.263 e. The highest BCUT2D eigenvalue weighted by Crippen LogP contribution is 2.30. The van der Waals surface area contributed by atoms with E-state index in [2.05, 4.69) is 17.2 Å². The lowest BCUT2D eigenvalue weighted by molar-refractivity contribution is -0.113. The van der Waals surface area contributed by atoms with Gasteiger partial charge in [-0.1, -0.05) is 60.1 Å². The highest BCUT2D eigenvalue weighted by atomic mass is 35.5. The van der Waals surface area contributed by atoms with Gasteiger partial charge in [-0.25, -0.2) is 9.97 Å². The molecule has 6 nitrogen and oxygen atoms in total. The number of amides is 1. The van der Waals surface area contributed by atoms with Gasteiger partial charge in [0.25, 0.3) is 5.56 Å². The van der Waals surface area contributed by atoms with Crippen LogP contribution in [0.5, 0.6) is 0 Å². The number of fused-ring (bicyclic) bond motifs is 1. The van der Waals surface area contributed by atoms with Gasteiger partial charge >= 0.3 is 0 Å². The second-order valence-corrected chi connectivity index (χ2v) is 10.0. The molecule has 0 fully saturated rings. The van der Waals surface area contributed by atoms with Crippen LogP contribution < -0.4 is 10.9 Å². The number of hydrogen-bond donors (Lipinski definition) is 1. The summed E-state index contributed by atoms with van der Waals surface area (Å²) >= 11 is 8.82. The van der Waals surface area contributed by atoms with Gasteiger partial charge in [-0.15, -0.1) is 11.3 Å². The van der Waals surface area contributed by atoms with E-state index >= 15 is 0 Å². The smallest absolute Gasteiger partial charge is 0.263 e. The Balaban J connectivity index is 1.67. The van der Waals surface area contributed by atoms with Crippen molar-refractivity contribution >= 4 is 56.5 Å². The fourth-order valence-electron chi connectivity index (χ4n) is 3.50. The number of rotatable bonds is 7. The lowest BCUT2D eigenvalue weighted by atomic mass is 10.1. The molecule has 0 aliphatic rings. The number of anilines is 1. The number of aromatic nitrogens is 3. The van der Waals surface area contributed by atoms with Crippen molar-refractivity contribution in [1.29, 1.82) is 0 Å². The summed E-state index contributed by atoms with van der Waals surface area (Å²) in [6.07, 6.45) is 2.41. The number of benzene rings is 1. The zero-order valence-corrected chi connectivity index (χ0v) is 20.9. The average Bonchev–Trinajstić information content (AvgIpc) is 3.13. The third-order valence-corrected chi connectivity index (χ3v) is 7.87. The third kappa shape index (κ3) is 5.13. The topological polar surface area (TPSA) is 76.9 Å². The Bertz CT molecular complexity index is 1380. The molecule has 4 rings (SSSR count). The number of nitrogens with zero attached hydrogens (tertiary/aromatic N) is 3. The first-order chi connectivity index (χ1) is 15.9. The van der Waals surface area contributed by atoms with Gasteiger partial charge in [0.2, 0.25) is 5.91 Å². The Hall–Kier alpha value is -2.68. The van der Waals surface area contributed by atoms with E-state index in [0.717, 1.165) is 28.0 Å². The first-order valence-electron chi connectivity index (χ1n) is 10.5. The molecular formula is C24H23ClN4O2S2. The van der Waals surface area contributed by atoms with Crippen LogP contribution in [0.1, 0.15) is 28.5 Å². The molecule has 0 atom stereocenters. The molecule has 0 spiro atoms. The van der Waals surface area contributed by atoms with Gasteiger partial charge in [-0.05, 0) is 43.5 Å². The Morgan fingerprint density at radius 2 is 1.97 bits per heavy atom. The van der Waals surface area contributed by atoms with Crippen molar-refractivity contribution in [3.8, 4) is 0 Å². The van der Waals surface area contributed by atoms with E-state index in [0.29, 0.717) is 27.6 Å². The number of carbonyl (C=O) groups excluding carboxylic acids is 1. The number of nitrogens with one attached hydrogen (secondary N) is 1. The first-order valence-corrected chi connectivity index (χ1v) is 12.7. The minimum atomic E-state index is -0.247. The molecule has 170 valence electrons. The number of pyridine rings is 1. The molecule has 3 heterocycles. The van der Waals surface area contributed by atoms with Crippen molar-refractivity contribution < 1.29 is 4.79 Å². The number of halogens is 1. The molecule has 0 aliphatic heterocycles. The van der Waals surface area contributed by atoms with Crippen LogP contribution in [0.2, 0.25) is 5.15 Å². The molecular weight excluding hydrogens is 476 g/mol. The third-order valence-electron chi connectivity index (χ3n) is 5.26. The summed E-state index contributed by atoms with van der Waals surface area (Å²) in [5.74, 6) is -0.162. The van der Waals surface area contributed by atoms with Crippen molar-refractivity contribution in [1.82, 2.24) is 14.5 Å². The van der Waals surface area contributed by atoms with E-state index in [1.165, 1.54) is 11.8 Å². The van der Waals surface area contributed by atoms with E-state index in [9.17, 15) is 9.59 Å². The van der Waals surface area contributed by atoms with Gasteiger partial charge in [0.15, 0.2) is 10.3 Å². The number of aryl methyl sites for hydroxylation is 3. The number of thioether (sulfide) groups is 1. The predicted octanol–water partition coefficient (Wildman–Crippen LogP) is 5.46. The largest absolute Gasteiger partial charge is 0.323 e. The van der Waals surface area contributed by atoms with E-state index in [4.69, 9.17) is 16.6 Å². The first kappa shape index (κ1) is 23.5. The monoisotopic (exact) mass is 498 g/mol. The zero-order valence-electron chi connectivity index (χ0n) is 18.5. The Kier molecular flexibility index (Phi) is 7.17. The molecule has 0 unspecified atom stereocenters. The number of thiophene rings is 1. The normalized spacial score (nSPS) is 11.2. The summed E-state index contributed by atoms with van der Waals surface area (Å²) in [6.45, 7) is 6.47. The summed E-state index contributed by atoms with van der Waals surface area (Å²) in [5.41, 5.74) is 3.52. The molecule has 1 amide bonds. The van der Waals surface area contributed by atoms with E-state index in [1.807, 2.05) is 38.1 Å². The summed E-state index contributed by atoms with van der Waals surface area (Å²) in [7, 11) is 0. The molecule has 4 aromatic rings. The van der Waals surface area contributed by atoms with Crippen LogP contribution >= 0.6 is 34.7 Å². The average molecular weight is 499 g/mol. The number of hydrogen-bond acceptors (Lipinski definition) is 6. The summed E-state index contributed by atoms with van der Waals surface area (Å²) < 4.78 is 1.67. The maximum absolute atomic E-state index is 13.5. The van der Waals surface area contributed by atoms with Crippen molar-refractivity contribution in [2.45, 2.75) is 38.9 Å². The summed E-state index contributed by atoms with van der Waals surface area (Å²) in [6, 6.07) is 11.5. The molecule has 1 N–H and O–H groups in total. The molecule has 0 saturated heterocycles. The summed E-state index contributed by atoms with van der Waals surface area (Å²) in [5, 5.41) is 4.18. The van der Waals surface area contributed by atoms with Crippen molar-refractivity contribution in [3.63, 3.8) is 0 Å². The van der Waals surface area contributed by atoms with Crippen molar-refractivity contribution in [2.24, 2.45) is 0 Å². The van der Waals surface area contributed by atoms with Gasteiger partial charge < -0.3 is 5.32 Å². The fourth-order valence-corrected chi connectivity index (χ4v) is 5.63. The fraction of sp³-hybridized carbons (Fsp3) is 0.250. The van der Waals surface area contributed by atoms with Crippen LogP contribution in [0.3, 0.4) is 0 Å². The van der Waals surface area contributed by atoms with Crippen LogP contribution in [0.15, 0.2) is 52.5 Å². The standard InChI is InChI=1S/C24H23ClN4O2S2/c1-4-18-15(3)20-22(33-18)28-24(29(23(20)31)12-16-9-7-14(2)8-10-16)32-13-19(30)27-17-6-5-11-26-21(17)25/h5-11H,4,12-13H2,1-3H3,(H,27,30). The molecule has 0 saturated carbocycles. The van der Waals surface area contributed by atoms with E-state index < -0.39 is 0 Å². The number of carbonyl (C=O) groups is 1. The predicted molar refractivity (Wildman–Crippen MR) is 137 cm³/mol. The molecule has 9 heteroatoms. The van der Waals surface area contributed by atoms with Crippen molar-refractivity contribution in [2.75, 3.05) is 11.1 Å². The maximum atomic E-state index is 13.5. The lowest BCUT2D eigenvalue weighted by Gasteiger charge is -2.13. The highest BCUT2D eigenvalue weighted by molar-refractivity contribution is 7.99. The van der Waals surface area contributed by atoms with Crippen LogP contribution in [0.4, 0.5) is 5.69 Å². The van der Waals surface area contributed by atoms with Gasteiger partial charge in [0.1, 0.15) is 4.83 Å². The van der Waals surface area contributed by atoms with Gasteiger partial charge in [0.05, 0.1) is 23.4 Å². The Labute approximate surface area is 205 Å². The highest BCUT2D eigenvalue weighted by Gasteiger charge is 2.19. The second-order valence-electron chi connectivity index (χ2n) is 7.63. The van der Waals surface area contributed by atoms with E-state index in [-0.39, 0.29) is 22.4 Å². The molecule has 33 heavy (non-hydrogen) atoms. The molecule has 0 aliphatic carbocycles. The minimum Gasteiger partial charge on any atom is -0.323 e. The minimum absolute atomic E-state index is 0.0766. The van der Waals surface area contributed by atoms with Crippen LogP contribution in [0.25, 0.3) is 10.2 Å². The zero-order chi connectivity index (χ0) is 23.5. The van der Waals surface area contributed by atoms with Crippen LogP contribution in [0, 0.1) is 13.8 Å². The van der Waals surface area contributed by atoms with Gasteiger partial charge in [0, 0.05) is 11.1 Å². The Morgan fingerprint density at radius 3 is 2.67 bits per heavy atom. The van der Waals surface area contributed by atoms with Crippen LogP contribution in [-0.4, -0.2) is 26.2 Å². The van der Waals surface area contributed by atoms with E-state index in [1.54, 1.807) is 34.2 Å². The molecule has 3 aromatic heterocycles. The molecule has 1 aromatic carbocycles. The lowest BCUT2D eigenvalue weighted by Crippen LogP contribution is -2.25. The quantitative estimate of drug-likeness (QED) is 0.208. The molecule has 0 radical (unpaired) electrons. The van der Waals surface area contributed by atoms with Gasteiger partial charge in [-0.2, -0.15) is 0 Å². The summed E-state index contributed by atoms with van der Waals surface area (Å²) in [4.78, 5) is 36.8. The van der Waals surface area contributed by atoms with Crippen LogP contribution in [-0.2, 0) is 17.8 Å². The SMILES string of the molecule is CCc1sc2nc(SCC(=O)Nc3cccnc3Cl)n(Cc3ccc(C)cc3)c(=O)c2c1C. The van der Waals surface area contributed by atoms with Crippen molar-refractivity contribution in [3.05, 3.63) is 79.7 Å². The second kappa shape index (κ2) is 10.1. The molecule has 0 bridgehead atoms. The Morgan fingerprint density at radius 1 is 1.21 bits per heavy atom. The van der Waals surface area contributed by atoms with Gasteiger partial charge in [-0.3, -0.25) is 14.2 Å².